The Morgan fingerprint density at radius 2 is 1.69 bits per heavy atom. The number of amides is 2. The minimum atomic E-state index is -0.572. The molecule has 0 unspecified atom stereocenters. The molecule has 0 aromatic heterocycles. The van der Waals surface area contributed by atoms with E-state index >= 15 is 0 Å². The number of nitrogens with zero attached hydrogens (tertiary/aromatic N) is 1. The smallest absolute Gasteiger partial charge is 0.309 e. The van der Waals surface area contributed by atoms with Crippen LogP contribution in [0.15, 0.2) is 0 Å². The van der Waals surface area contributed by atoms with Crippen LogP contribution in [0.4, 0.5) is 0 Å². The molecular weight excluding hydrogens is 206 g/mol. The van der Waals surface area contributed by atoms with E-state index in [1.165, 1.54) is 0 Å². The van der Waals surface area contributed by atoms with Crippen LogP contribution in [0.3, 0.4) is 0 Å². The summed E-state index contributed by atoms with van der Waals surface area (Å²) in [5.74, 6) is -1.13. The van der Waals surface area contributed by atoms with Crippen molar-refractivity contribution in [1.29, 1.82) is 0 Å². The molecule has 0 fully saturated rings. The van der Waals surface area contributed by atoms with Crippen LogP contribution in [-0.4, -0.2) is 49.4 Å². The van der Waals surface area contributed by atoms with Gasteiger partial charge in [-0.1, -0.05) is 0 Å². The maximum Gasteiger partial charge on any atom is 0.309 e. The highest BCUT2D eigenvalue weighted by Gasteiger charge is 2.19. The summed E-state index contributed by atoms with van der Waals surface area (Å²) in [6, 6.07) is 0. The molecule has 0 bridgehead atoms. The standard InChI is InChI=1S/C11H23N3O2/c1-11(2,3)13-10(16)9(15)12-7-6-8-14(4)5/h6-8H2,1-5H3,(H,12,15)(H,13,16). The van der Waals surface area contributed by atoms with Crippen molar-refractivity contribution >= 4 is 11.8 Å². The SMILES string of the molecule is CN(C)CCCNC(=O)C(=O)NC(C)(C)C. The van der Waals surface area contributed by atoms with Crippen molar-refractivity contribution in [2.45, 2.75) is 32.7 Å². The van der Waals surface area contributed by atoms with E-state index in [1.54, 1.807) is 0 Å². The molecule has 0 aliphatic carbocycles. The molecule has 0 radical (unpaired) electrons. The monoisotopic (exact) mass is 229 g/mol. The van der Waals surface area contributed by atoms with Crippen molar-refractivity contribution in [3.8, 4) is 0 Å². The summed E-state index contributed by atoms with van der Waals surface area (Å²) >= 11 is 0. The molecule has 0 aromatic rings. The molecule has 0 spiro atoms. The molecule has 5 heteroatoms. The van der Waals surface area contributed by atoms with Crippen molar-refractivity contribution in [2.75, 3.05) is 27.2 Å². The van der Waals surface area contributed by atoms with Gasteiger partial charge in [0, 0.05) is 12.1 Å². The van der Waals surface area contributed by atoms with Crippen LogP contribution < -0.4 is 10.6 Å². The number of rotatable bonds is 4. The second-order valence-electron chi connectivity index (χ2n) is 5.12. The average molecular weight is 229 g/mol. The van der Waals surface area contributed by atoms with E-state index in [0.717, 1.165) is 13.0 Å². The molecule has 0 heterocycles. The second kappa shape index (κ2) is 6.48. The highest BCUT2D eigenvalue weighted by molar-refractivity contribution is 6.35. The van der Waals surface area contributed by atoms with E-state index in [0.29, 0.717) is 6.54 Å². The summed E-state index contributed by atoms with van der Waals surface area (Å²) in [6.07, 6.45) is 0.835. The molecule has 2 amide bonds. The van der Waals surface area contributed by atoms with Gasteiger partial charge in [-0.25, -0.2) is 0 Å². The fraction of sp³-hybridized carbons (Fsp3) is 0.818. The lowest BCUT2D eigenvalue weighted by Gasteiger charge is -2.19. The lowest BCUT2D eigenvalue weighted by atomic mass is 10.1. The van der Waals surface area contributed by atoms with Crippen molar-refractivity contribution in [3.63, 3.8) is 0 Å². The summed E-state index contributed by atoms with van der Waals surface area (Å²) in [7, 11) is 3.93. The maximum atomic E-state index is 11.4. The third kappa shape index (κ3) is 8.23. The molecule has 16 heavy (non-hydrogen) atoms. The molecule has 0 saturated heterocycles. The Morgan fingerprint density at radius 1 is 1.12 bits per heavy atom. The second-order valence-corrected chi connectivity index (χ2v) is 5.12. The Morgan fingerprint density at radius 3 is 2.12 bits per heavy atom. The Kier molecular flexibility index (Phi) is 6.03. The zero-order valence-electron chi connectivity index (χ0n) is 10.9. The van der Waals surface area contributed by atoms with Gasteiger partial charge in [-0.05, 0) is 47.8 Å². The first-order chi connectivity index (χ1) is 7.22. The first-order valence-electron chi connectivity index (χ1n) is 5.47. The summed E-state index contributed by atoms with van der Waals surface area (Å²) in [5, 5.41) is 5.19. The number of carbonyl (C=O) groups is 2. The van der Waals surface area contributed by atoms with Gasteiger partial charge in [-0.2, -0.15) is 0 Å². The van der Waals surface area contributed by atoms with E-state index in [1.807, 2.05) is 39.8 Å². The predicted octanol–water partition coefficient (Wildman–Crippen LogP) is -0.0310. The van der Waals surface area contributed by atoms with Gasteiger partial charge in [0.1, 0.15) is 0 Å². The van der Waals surface area contributed by atoms with Crippen molar-refractivity contribution in [2.24, 2.45) is 0 Å². The molecule has 2 N–H and O–H groups in total. The molecule has 0 atom stereocenters. The Hall–Kier alpha value is -1.10. The van der Waals surface area contributed by atoms with Crippen LogP contribution in [0, 0.1) is 0 Å². The minimum absolute atomic E-state index is 0.377. The minimum Gasteiger partial charge on any atom is -0.348 e. The Bertz CT molecular complexity index is 244. The number of carbonyl (C=O) groups excluding carboxylic acids is 2. The average Bonchev–Trinajstić information content (AvgIpc) is 2.08. The van der Waals surface area contributed by atoms with Crippen LogP contribution >= 0.6 is 0 Å². The fourth-order valence-corrected chi connectivity index (χ4v) is 1.07. The van der Waals surface area contributed by atoms with Crippen LogP contribution in [0.25, 0.3) is 0 Å². The van der Waals surface area contributed by atoms with Crippen molar-refractivity contribution < 1.29 is 9.59 Å². The maximum absolute atomic E-state index is 11.4. The van der Waals surface area contributed by atoms with Crippen molar-refractivity contribution in [1.82, 2.24) is 15.5 Å². The highest BCUT2D eigenvalue weighted by atomic mass is 16.2. The van der Waals surface area contributed by atoms with Gasteiger partial charge in [0.25, 0.3) is 0 Å². The summed E-state index contributed by atoms with van der Waals surface area (Å²) in [4.78, 5) is 24.7. The third-order valence-corrected chi connectivity index (χ3v) is 1.76. The number of hydrogen-bond donors (Lipinski definition) is 2. The van der Waals surface area contributed by atoms with Gasteiger partial charge in [0.2, 0.25) is 0 Å². The van der Waals surface area contributed by atoms with Gasteiger partial charge >= 0.3 is 11.8 Å². The van der Waals surface area contributed by atoms with E-state index in [4.69, 9.17) is 0 Å². The molecule has 0 aliphatic rings. The molecule has 94 valence electrons. The van der Waals surface area contributed by atoms with E-state index in [2.05, 4.69) is 10.6 Å². The number of hydrogen-bond acceptors (Lipinski definition) is 3. The van der Waals surface area contributed by atoms with E-state index < -0.39 is 11.8 Å². The normalized spacial score (nSPS) is 11.4. The molecular formula is C11H23N3O2. The van der Waals surface area contributed by atoms with Crippen LogP contribution in [-0.2, 0) is 9.59 Å². The van der Waals surface area contributed by atoms with Gasteiger partial charge in [-0.15, -0.1) is 0 Å². The van der Waals surface area contributed by atoms with Gasteiger partial charge < -0.3 is 15.5 Å². The summed E-state index contributed by atoms with van der Waals surface area (Å²) < 4.78 is 0. The lowest BCUT2D eigenvalue weighted by Crippen LogP contribution is -2.48. The third-order valence-electron chi connectivity index (χ3n) is 1.76. The van der Waals surface area contributed by atoms with Gasteiger partial charge in [0.05, 0.1) is 0 Å². The van der Waals surface area contributed by atoms with Gasteiger partial charge in [0.15, 0.2) is 0 Å². The van der Waals surface area contributed by atoms with Crippen LogP contribution in [0.2, 0.25) is 0 Å². The molecule has 0 saturated carbocycles. The molecule has 0 rings (SSSR count). The molecule has 5 nitrogen and oxygen atoms in total. The van der Waals surface area contributed by atoms with Crippen LogP contribution in [0.5, 0.6) is 0 Å². The van der Waals surface area contributed by atoms with E-state index in [-0.39, 0.29) is 5.54 Å². The largest absolute Gasteiger partial charge is 0.348 e. The first-order valence-corrected chi connectivity index (χ1v) is 5.47. The molecule has 0 aromatic carbocycles. The van der Waals surface area contributed by atoms with E-state index in [9.17, 15) is 9.59 Å². The predicted molar refractivity (Wildman–Crippen MR) is 64.1 cm³/mol. The Balaban J connectivity index is 3.77. The van der Waals surface area contributed by atoms with Crippen LogP contribution in [0.1, 0.15) is 27.2 Å². The zero-order valence-corrected chi connectivity index (χ0v) is 10.9. The fourth-order valence-electron chi connectivity index (χ4n) is 1.07. The summed E-state index contributed by atoms with van der Waals surface area (Å²) in [6.45, 7) is 6.93. The molecule has 0 aliphatic heterocycles. The highest BCUT2D eigenvalue weighted by Crippen LogP contribution is 1.97. The quantitative estimate of drug-likeness (QED) is 0.525. The first kappa shape index (κ1) is 14.9. The summed E-state index contributed by atoms with van der Waals surface area (Å²) in [5.41, 5.74) is -0.377. The van der Waals surface area contributed by atoms with Gasteiger partial charge in [-0.3, -0.25) is 9.59 Å². The number of nitrogens with one attached hydrogen (secondary N) is 2. The Labute approximate surface area is 97.6 Å². The zero-order chi connectivity index (χ0) is 12.8. The topological polar surface area (TPSA) is 61.4 Å². The lowest BCUT2D eigenvalue weighted by molar-refractivity contribution is -0.140. The van der Waals surface area contributed by atoms with Crippen molar-refractivity contribution in [3.05, 3.63) is 0 Å².